The molecule has 3 rings (SSSR count). The van der Waals surface area contributed by atoms with Gasteiger partial charge in [0, 0.05) is 6.20 Å². The summed E-state index contributed by atoms with van der Waals surface area (Å²) in [5.41, 5.74) is 3.56. The maximum absolute atomic E-state index is 9.49. The fraction of sp³-hybridized carbons (Fsp3) is 0.167. The van der Waals surface area contributed by atoms with Gasteiger partial charge in [-0.15, -0.1) is 12.3 Å². The molecule has 1 aromatic carbocycles. The first-order chi connectivity index (χ1) is 10.7. The van der Waals surface area contributed by atoms with E-state index in [0.717, 1.165) is 22.6 Å². The highest BCUT2D eigenvalue weighted by Crippen LogP contribution is 2.23. The third kappa shape index (κ3) is 2.61. The zero-order chi connectivity index (χ0) is 15.5. The molecule has 1 N–H and O–H groups in total. The number of ether oxygens (including phenoxy) is 1. The van der Waals surface area contributed by atoms with E-state index in [1.807, 2.05) is 35.7 Å². The van der Waals surface area contributed by atoms with E-state index >= 15 is 0 Å². The number of aromatic hydroxyl groups is 1. The number of hydrogen-bond acceptors (Lipinski definition) is 3. The highest BCUT2D eigenvalue weighted by atomic mass is 16.5. The van der Waals surface area contributed by atoms with Gasteiger partial charge in [0.05, 0.1) is 17.8 Å². The minimum Gasteiger partial charge on any atom is -0.508 e. The predicted molar refractivity (Wildman–Crippen MR) is 84.9 cm³/mol. The Bertz CT molecular complexity index is 859. The second-order valence-corrected chi connectivity index (χ2v) is 5.05. The van der Waals surface area contributed by atoms with Crippen LogP contribution in [0.2, 0.25) is 0 Å². The molecule has 0 spiro atoms. The number of phenolic OH excluding ortho intramolecular Hbond substituents is 1. The van der Waals surface area contributed by atoms with Crippen LogP contribution in [0.4, 0.5) is 0 Å². The van der Waals surface area contributed by atoms with Crippen LogP contribution in [0.1, 0.15) is 17.0 Å². The lowest BCUT2D eigenvalue weighted by Crippen LogP contribution is -1.98. The Hall–Kier alpha value is -2.93. The van der Waals surface area contributed by atoms with Gasteiger partial charge >= 0.3 is 0 Å². The van der Waals surface area contributed by atoms with E-state index in [4.69, 9.17) is 11.2 Å². The Balaban J connectivity index is 1.91. The number of terminal acetylenes is 1. The lowest BCUT2D eigenvalue weighted by atomic mass is 10.2. The van der Waals surface area contributed by atoms with Crippen molar-refractivity contribution in [3.63, 3.8) is 0 Å². The smallest absolute Gasteiger partial charge is 0.180 e. The Labute approximate surface area is 129 Å². The number of fused-ring (bicyclic) bond motifs is 1. The number of phenols is 1. The number of benzene rings is 1. The number of pyridine rings is 1. The van der Waals surface area contributed by atoms with E-state index in [9.17, 15) is 5.11 Å². The fourth-order valence-electron chi connectivity index (χ4n) is 2.43. The molecule has 0 fully saturated rings. The van der Waals surface area contributed by atoms with Crippen LogP contribution in [0.5, 0.6) is 11.5 Å². The number of aryl methyl sites for hydroxylation is 1. The van der Waals surface area contributed by atoms with Crippen molar-refractivity contribution < 1.29 is 9.84 Å². The third-order valence-corrected chi connectivity index (χ3v) is 3.49. The van der Waals surface area contributed by atoms with Gasteiger partial charge in [0.1, 0.15) is 12.4 Å². The quantitative estimate of drug-likeness (QED) is 0.752. The van der Waals surface area contributed by atoms with E-state index < -0.39 is 0 Å². The van der Waals surface area contributed by atoms with Gasteiger partial charge in [-0.1, -0.05) is 12.1 Å². The fourth-order valence-corrected chi connectivity index (χ4v) is 2.43. The third-order valence-electron chi connectivity index (χ3n) is 3.49. The minimum atomic E-state index is 0.229. The average molecular weight is 292 g/mol. The lowest BCUT2D eigenvalue weighted by molar-refractivity contribution is 0.307. The van der Waals surface area contributed by atoms with Crippen molar-refractivity contribution in [2.24, 2.45) is 0 Å². The summed E-state index contributed by atoms with van der Waals surface area (Å²) in [4.78, 5) is 4.55. The molecule has 0 amide bonds. The predicted octanol–water partition coefficient (Wildman–Crippen LogP) is 3.10. The monoisotopic (exact) mass is 292 g/mol. The van der Waals surface area contributed by atoms with Crippen molar-refractivity contribution in [1.82, 2.24) is 9.38 Å². The Morgan fingerprint density at radius 2 is 2.18 bits per heavy atom. The molecule has 0 aliphatic rings. The van der Waals surface area contributed by atoms with Crippen molar-refractivity contribution >= 4 is 5.65 Å². The first kappa shape index (κ1) is 14.0. The van der Waals surface area contributed by atoms with E-state index in [-0.39, 0.29) is 5.75 Å². The molecule has 0 saturated carbocycles. The zero-order valence-electron chi connectivity index (χ0n) is 12.3. The molecule has 3 aromatic rings. The van der Waals surface area contributed by atoms with Gasteiger partial charge in [0.25, 0.3) is 0 Å². The van der Waals surface area contributed by atoms with Crippen LogP contribution in [0.25, 0.3) is 5.65 Å². The van der Waals surface area contributed by atoms with Crippen molar-refractivity contribution in [1.29, 1.82) is 0 Å². The van der Waals surface area contributed by atoms with E-state index in [2.05, 4.69) is 10.9 Å². The molecule has 0 saturated heterocycles. The molecule has 110 valence electrons. The van der Waals surface area contributed by atoms with Crippen LogP contribution in [-0.4, -0.2) is 14.5 Å². The van der Waals surface area contributed by atoms with Crippen LogP contribution < -0.4 is 4.74 Å². The van der Waals surface area contributed by atoms with Crippen molar-refractivity contribution in [3.8, 4) is 23.8 Å². The largest absolute Gasteiger partial charge is 0.508 e. The number of imidazole rings is 1. The summed E-state index contributed by atoms with van der Waals surface area (Å²) in [7, 11) is 0. The van der Waals surface area contributed by atoms with Crippen LogP contribution in [0.3, 0.4) is 0 Å². The molecule has 4 heteroatoms. The molecule has 22 heavy (non-hydrogen) atoms. The van der Waals surface area contributed by atoms with Gasteiger partial charge in [-0.25, -0.2) is 4.98 Å². The lowest BCUT2D eigenvalue weighted by Gasteiger charge is -2.08. The summed E-state index contributed by atoms with van der Waals surface area (Å²) in [5, 5.41) is 9.49. The van der Waals surface area contributed by atoms with E-state index in [1.54, 1.807) is 18.2 Å². The Morgan fingerprint density at radius 3 is 2.95 bits per heavy atom. The molecule has 0 aliphatic heterocycles. The maximum Gasteiger partial charge on any atom is 0.180 e. The molecule has 0 bridgehead atoms. The standard InChI is InChI=1S/C18H16N2O2/c1-3-6-16-13(2)19-18-17(9-5-10-20(16)18)22-12-14-7-4-8-15(21)11-14/h1,4-5,7-11,21H,6,12H2,2H3. The van der Waals surface area contributed by atoms with Crippen molar-refractivity contribution in [3.05, 3.63) is 59.5 Å². The van der Waals surface area contributed by atoms with Crippen LogP contribution in [0, 0.1) is 19.3 Å². The summed E-state index contributed by atoms with van der Waals surface area (Å²) in [6.45, 7) is 2.31. The maximum atomic E-state index is 9.49. The SMILES string of the molecule is C#CCc1c(C)nc2c(OCc3cccc(O)c3)cccn12. The molecule has 0 atom stereocenters. The minimum absolute atomic E-state index is 0.229. The van der Waals surface area contributed by atoms with Crippen LogP contribution >= 0.6 is 0 Å². The molecule has 2 heterocycles. The first-order valence-electron chi connectivity index (χ1n) is 7.00. The number of rotatable bonds is 4. The molecular formula is C18H16N2O2. The summed E-state index contributed by atoms with van der Waals surface area (Å²) < 4.78 is 7.83. The summed E-state index contributed by atoms with van der Waals surface area (Å²) in [6.07, 6.45) is 7.89. The van der Waals surface area contributed by atoms with Gasteiger partial charge < -0.3 is 9.84 Å². The summed E-state index contributed by atoms with van der Waals surface area (Å²) >= 11 is 0. The molecule has 0 aliphatic carbocycles. The van der Waals surface area contributed by atoms with Gasteiger partial charge in [0.15, 0.2) is 11.4 Å². The van der Waals surface area contributed by atoms with Gasteiger partial charge in [0.2, 0.25) is 0 Å². The van der Waals surface area contributed by atoms with E-state index in [0.29, 0.717) is 18.8 Å². The van der Waals surface area contributed by atoms with Crippen molar-refractivity contribution in [2.75, 3.05) is 0 Å². The topological polar surface area (TPSA) is 46.8 Å². The second-order valence-electron chi connectivity index (χ2n) is 5.05. The van der Waals surface area contributed by atoms with Gasteiger partial charge in [-0.3, -0.25) is 4.40 Å². The highest BCUT2D eigenvalue weighted by molar-refractivity contribution is 5.56. The number of aromatic nitrogens is 2. The average Bonchev–Trinajstić information content (AvgIpc) is 2.83. The van der Waals surface area contributed by atoms with Gasteiger partial charge in [-0.2, -0.15) is 0 Å². The molecule has 0 radical (unpaired) electrons. The Morgan fingerprint density at radius 1 is 1.32 bits per heavy atom. The van der Waals surface area contributed by atoms with E-state index in [1.165, 1.54) is 0 Å². The van der Waals surface area contributed by atoms with Crippen LogP contribution in [0.15, 0.2) is 42.6 Å². The van der Waals surface area contributed by atoms with Crippen LogP contribution in [-0.2, 0) is 13.0 Å². The molecule has 0 unspecified atom stereocenters. The molecule has 2 aromatic heterocycles. The molecule has 4 nitrogen and oxygen atoms in total. The summed E-state index contributed by atoms with van der Waals surface area (Å²) in [5.74, 6) is 3.58. The summed E-state index contributed by atoms with van der Waals surface area (Å²) in [6, 6.07) is 10.8. The Kier molecular flexibility index (Phi) is 3.71. The normalized spacial score (nSPS) is 10.5. The molecular weight excluding hydrogens is 276 g/mol. The highest BCUT2D eigenvalue weighted by Gasteiger charge is 2.11. The van der Waals surface area contributed by atoms with Gasteiger partial charge in [-0.05, 0) is 36.8 Å². The number of hydrogen-bond donors (Lipinski definition) is 1. The number of nitrogens with zero attached hydrogens (tertiary/aromatic N) is 2. The zero-order valence-corrected chi connectivity index (χ0v) is 12.3. The second kappa shape index (κ2) is 5.82. The van der Waals surface area contributed by atoms with Crippen molar-refractivity contribution in [2.45, 2.75) is 20.0 Å². The first-order valence-corrected chi connectivity index (χ1v) is 7.00.